The van der Waals surface area contributed by atoms with E-state index in [1.54, 1.807) is 36.5 Å². The third-order valence-electron chi connectivity index (χ3n) is 2.07. The smallest absolute Gasteiger partial charge is 0.152 e. The van der Waals surface area contributed by atoms with Crippen molar-refractivity contribution in [2.45, 2.75) is 6.61 Å². The van der Waals surface area contributed by atoms with Crippen LogP contribution < -0.4 is 4.74 Å². The molecule has 4 heteroatoms. The third kappa shape index (κ3) is 2.58. The molecular weight excluding hydrogens is 273 g/mol. The summed E-state index contributed by atoms with van der Waals surface area (Å²) in [5, 5.41) is 0. The summed E-state index contributed by atoms with van der Waals surface area (Å²) in [4.78, 5) is 4.01. The van der Waals surface area contributed by atoms with Crippen LogP contribution in [0, 0.1) is 5.82 Å². The van der Waals surface area contributed by atoms with E-state index >= 15 is 0 Å². The number of benzene rings is 1. The molecule has 1 aromatic heterocycles. The molecule has 0 atom stereocenters. The largest absolute Gasteiger partial charge is 0.486 e. The lowest BCUT2D eigenvalue weighted by atomic mass is 10.2. The molecule has 0 saturated heterocycles. The Hall–Kier alpha value is -1.42. The molecule has 2 rings (SSSR count). The molecule has 2 aromatic rings. The molecular formula is C12H9BrFNO. The molecule has 0 aliphatic heterocycles. The molecule has 2 nitrogen and oxygen atoms in total. The first-order valence-electron chi connectivity index (χ1n) is 4.74. The van der Waals surface area contributed by atoms with Crippen molar-refractivity contribution in [1.82, 2.24) is 4.98 Å². The maximum atomic E-state index is 13.3. The van der Waals surface area contributed by atoms with Crippen molar-refractivity contribution in [3.63, 3.8) is 0 Å². The summed E-state index contributed by atoms with van der Waals surface area (Å²) in [5.41, 5.74) is 0.526. The van der Waals surface area contributed by atoms with E-state index in [1.165, 1.54) is 6.07 Å². The molecule has 0 unspecified atom stereocenters. The summed E-state index contributed by atoms with van der Waals surface area (Å²) < 4.78 is 19.4. The molecule has 0 aliphatic rings. The highest BCUT2D eigenvalue weighted by Crippen LogP contribution is 2.22. The highest BCUT2D eigenvalue weighted by molar-refractivity contribution is 9.10. The van der Waals surface area contributed by atoms with Crippen LogP contribution in [-0.4, -0.2) is 4.98 Å². The van der Waals surface area contributed by atoms with Gasteiger partial charge in [0.25, 0.3) is 0 Å². The number of rotatable bonds is 3. The number of nitrogens with zero attached hydrogens (tertiary/aromatic N) is 1. The Morgan fingerprint density at radius 1 is 1.19 bits per heavy atom. The zero-order valence-electron chi connectivity index (χ0n) is 8.36. The first-order valence-corrected chi connectivity index (χ1v) is 5.53. The number of pyridine rings is 1. The molecule has 0 N–H and O–H groups in total. The van der Waals surface area contributed by atoms with Gasteiger partial charge in [-0.15, -0.1) is 0 Å². The first kappa shape index (κ1) is 11.1. The van der Waals surface area contributed by atoms with Gasteiger partial charge in [0.05, 0.1) is 0 Å². The fourth-order valence-corrected chi connectivity index (χ4v) is 1.61. The molecule has 0 amide bonds. The maximum Gasteiger partial charge on any atom is 0.152 e. The van der Waals surface area contributed by atoms with Gasteiger partial charge in [-0.3, -0.25) is 0 Å². The Labute approximate surface area is 101 Å². The van der Waals surface area contributed by atoms with E-state index in [1.807, 2.05) is 0 Å². The molecule has 0 aliphatic carbocycles. The summed E-state index contributed by atoms with van der Waals surface area (Å²) in [6, 6.07) is 10.1. The maximum absolute atomic E-state index is 13.3. The van der Waals surface area contributed by atoms with E-state index in [4.69, 9.17) is 4.74 Å². The molecule has 0 fully saturated rings. The number of hydrogen-bond acceptors (Lipinski definition) is 2. The van der Waals surface area contributed by atoms with Gasteiger partial charge in [-0.05, 0) is 34.1 Å². The Kier molecular flexibility index (Phi) is 3.51. The second-order valence-electron chi connectivity index (χ2n) is 3.17. The lowest BCUT2D eigenvalue weighted by molar-refractivity contribution is 0.296. The molecule has 0 saturated carbocycles. The highest BCUT2D eigenvalue weighted by Gasteiger charge is 2.04. The number of aromatic nitrogens is 1. The SMILES string of the molecule is Fc1ccccc1COc1cccnc1Br. The van der Waals surface area contributed by atoms with Gasteiger partial charge < -0.3 is 4.74 Å². The normalized spacial score (nSPS) is 10.1. The van der Waals surface area contributed by atoms with Crippen LogP contribution in [0.5, 0.6) is 5.75 Å². The average Bonchev–Trinajstić information content (AvgIpc) is 2.30. The van der Waals surface area contributed by atoms with Gasteiger partial charge in [0.1, 0.15) is 17.0 Å². The Balaban J connectivity index is 2.09. The minimum Gasteiger partial charge on any atom is -0.486 e. The second-order valence-corrected chi connectivity index (χ2v) is 3.92. The molecule has 1 aromatic carbocycles. The molecule has 0 radical (unpaired) electrons. The van der Waals surface area contributed by atoms with Crippen LogP contribution in [0.4, 0.5) is 4.39 Å². The van der Waals surface area contributed by atoms with E-state index in [-0.39, 0.29) is 12.4 Å². The van der Waals surface area contributed by atoms with Crippen LogP contribution >= 0.6 is 15.9 Å². The van der Waals surface area contributed by atoms with Crippen molar-refractivity contribution in [3.05, 3.63) is 58.6 Å². The summed E-state index contributed by atoms with van der Waals surface area (Å²) >= 11 is 3.26. The lowest BCUT2D eigenvalue weighted by Crippen LogP contribution is -1.99. The monoisotopic (exact) mass is 281 g/mol. The number of halogens is 2. The third-order valence-corrected chi connectivity index (χ3v) is 2.66. The zero-order chi connectivity index (χ0) is 11.4. The van der Waals surface area contributed by atoms with Gasteiger partial charge in [-0.2, -0.15) is 0 Å². The first-order chi connectivity index (χ1) is 7.77. The second kappa shape index (κ2) is 5.07. The molecule has 16 heavy (non-hydrogen) atoms. The standard InChI is InChI=1S/C12H9BrFNO/c13-12-11(6-3-7-15-12)16-8-9-4-1-2-5-10(9)14/h1-7H,8H2. The fourth-order valence-electron chi connectivity index (χ4n) is 1.25. The van der Waals surface area contributed by atoms with Gasteiger partial charge in [0.15, 0.2) is 5.75 Å². The van der Waals surface area contributed by atoms with Crippen LogP contribution in [0.15, 0.2) is 47.2 Å². The molecule has 0 spiro atoms. The number of hydrogen-bond donors (Lipinski definition) is 0. The summed E-state index contributed by atoms with van der Waals surface area (Å²) in [6.07, 6.45) is 1.65. The minimum atomic E-state index is -0.262. The zero-order valence-corrected chi connectivity index (χ0v) is 9.95. The summed E-state index contributed by atoms with van der Waals surface area (Å²) in [6.45, 7) is 0.191. The van der Waals surface area contributed by atoms with E-state index in [2.05, 4.69) is 20.9 Å². The fraction of sp³-hybridized carbons (Fsp3) is 0.0833. The minimum absolute atomic E-state index is 0.191. The van der Waals surface area contributed by atoms with Crippen molar-refractivity contribution < 1.29 is 9.13 Å². The van der Waals surface area contributed by atoms with Crippen LogP contribution in [0.3, 0.4) is 0 Å². The van der Waals surface area contributed by atoms with E-state index in [0.29, 0.717) is 15.9 Å². The van der Waals surface area contributed by atoms with Crippen LogP contribution in [0.2, 0.25) is 0 Å². The van der Waals surface area contributed by atoms with E-state index < -0.39 is 0 Å². The predicted molar refractivity (Wildman–Crippen MR) is 62.7 cm³/mol. The van der Waals surface area contributed by atoms with Crippen LogP contribution in [0.1, 0.15) is 5.56 Å². The van der Waals surface area contributed by atoms with E-state index in [9.17, 15) is 4.39 Å². The lowest BCUT2D eigenvalue weighted by Gasteiger charge is -2.07. The van der Waals surface area contributed by atoms with Gasteiger partial charge in [-0.25, -0.2) is 9.37 Å². The van der Waals surface area contributed by atoms with Crippen LogP contribution in [0.25, 0.3) is 0 Å². The summed E-state index contributed by atoms with van der Waals surface area (Å²) in [7, 11) is 0. The molecule has 1 heterocycles. The Morgan fingerprint density at radius 3 is 2.75 bits per heavy atom. The topological polar surface area (TPSA) is 22.1 Å². The van der Waals surface area contributed by atoms with Crippen LogP contribution in [-0.2, 0) is 6.61 Å². The summed E-state index contributed by atoms with van der Waals surface area (Å²) in [5.74, 6) is 0.341. The van der Waals surface area contributed by atoms with Crippen molar-refractivity contribution in [3.8, 4) is 5.75 Å². The van der Waals surface area contributed by atoms with E-state index in [0.717, 1.165) is 0 Å². The molecule has 82 valence electrons. The van der Waals surface area contributed by atoms with Crippen molar-refractivity contribution in [2.75, 3.05) is 0 Å². The van der Waals surface area contributed by atoms with Crippen molar-refractivity contribution in [1.29, 1.82) is 0 Å². The predicted octanol–water partition coefficient (Wildman–Crippen LogP) is 3.56. The van der Waals surface area contributed by atoms with Gasteiger partial charge >= 0.3 is 0 Å². The average molecular weight is 282 g/mol. The highest BCUT2D eigenvalue weighted by atomic mass is 79.9. The van der Waals surface area contributed by atoms with Gasteiger partial charge in [0, 0.05) is 11.8 Å². The Morgan fingerprint density at radius 2 is 2.00 bits per heavy atom. The van der Waals surface area contributed by atoms with Gasteiger partial charge in [0.2, 0.25) is 0 Å². The van der Waals surface area contributed by atoms with Gasteiger partial charge in [-0.1, -0.05) is 18.2 Å². The van der Waals surface area contributed by atoms with Crippen molar-refractivity contribution in [2.24, 2.45) is 0 Å². The van der Waals surface area contributed by atoms with Crippen molar-refractivity contribution >= 4 is 15.9 Å². The quantitative estimate of drug-likeness (QED) is 0.803. The molecule has 0 bridgehead atoms. The Bertz CT molecular complexity index is 444. The number of ether oxygens (including phenoxy) is 1.